The van der Waals surface area contributed by atoms with Gasteiger partial charge < -0.3 is 10.1 Å². The molecule has 0 bridgehead atoms. The minimum atomic E-state index is -0.501. The fourth-order valence-electron chi connectivity index (χ4n) is 2.80. The normalized spacial score (nSPS) is 11.0. The van der Waals surface area contributed by atoms with Crippen LogP contribution in [0.5, 0.6) is 5.75 Å². The van der Waals surface area contributed by atoms with E-state index in [0.29, 0.717) is 31.5 Å². The topological polar surface area (TPSA) is 62.1 Å². The number of anilines is 1. The fraction of sp³-hybridized carbons (Fsp3) is 0.0833. The Balaban J connectivity index is 1.78. The quantitative estimate of drug-likeness (QED) is 0.279. The fourth-order valence-corrected chi connectivity index (χ4v) is 3.98. The van der Waals surface area contributed by atoms with Crippen molar-refractivity contribution in [3.63, 3.8) is 0 Å². The first-order chi connectivity index (χ1) is 14.9. The minimum Gasteiger partial charge on any atom is -0.486 e. The monoisotopic (exact) mass is 514 g/mol. The molecule has 0 saturated carbocycles. The first-order valence-electron chi connectivity index (χ1n) is 9.22. The van der Waals surface area contributed by atoms with E-state index in [-0.39, 0.29) is 12.2 Å². The van der Waals surface area contributed by atoms with Crippen molar-refractivity contribution in [1.82, 2.24) is 0 Å². The number of carbonyl (C=O) groups is 1. The summed E-state index contributed by atoms with van der Waals surface area (Å²) in [5.74, 6) is -0.0548. The van der Waals surface area contributed by atoms with Crippen LogP contribution in [0.1, 0.15) is 16.7 Å². The molecule has 0 aliphatic carbocycles. The number of nitriles is 1. The average Bonchev–Trinajstić information content (AvgIpc) is 2.72. The molecule has 0 atom stereocenters. The third-order valence-corrected chi connectivity index (χ3v) is 5.54. The largest absolute Gasteiger partial charge is 0.486 e. The number of nitrogens with one attached hydrogen (secondary N) is 1. The number of ether oxygens (including phenoxy) is 1. The Morgan fingerprint density at radius 2 is 1.90 bits per heavy atom. The second-order valence-corrected chi connectivity index (χ2v) is 8.36. The van der Waals surface area contributed by atoms with Crippen LogP contribution in [0.2, 0.25) is 10.0 Å². The first kappa shape index (κ1) is 22.9. The van der Waals surface area contributed by atoms with Crippen molar-refractivity contribution in [2.75, 3.05) is 5.32 Å². The summed E-state index contributed by atoms with van der Waals surface area (Å²) in [6.07, 6.45) is 1.47. The number of carbonyl (C=O) groups excluding carboxylic acids is 1. The molecule has 3 aromatic rings. The zero-order valence-electron chi connectivity index (χ0n) is 16.5. The van der Waals surface area contributed by atoms with Gasteiger partial charge in [-0.1, -0.05) is 53.5 Å². The van der Waals surface area contributed by atoms with Crippen molar-refractivity contribution in [3.05, 3.63) is 97.4 Å². The molecule has 4 nitrogen and oxygen atoms in total. The summed E-state index contributed by atoms with van der Waals surface area (Å²) in [4.78, 5) is 12.5. The summed E-state index contributed by atoms with van der Waals surface area (Å²) in [7, 11) is 0. The molecule has 3 aromatic carbocycles. The molecule has 0 saturated heterocycles. The Kier molecular flexibility index (Phi) is 7.75. The molecular weight excluding hydrogens is 499 g/mol. The number of amides is 1. The van der Waals surface area contributed by atoms with E-state index in [1.807, 2.05) is 49.4 Å². The van der Waals surface area contributed by atoms with Gasteiger partial charge in [0.1, 0.15) is 18.2 Å². The number of rotatable bonds is 6. The number of halogens is 3. The van der Waals surface area contributed by atoms with E-state index in [9.17, 15) is 10.1 Å². The van der Waals surface area contributed by atoms with Gasteiger partial charge in [0.2, 0.25) is 0 Å². The van der Waals surface area contributed by atoms with Crippen molar-refractivity contribution < 1.29 is 9.53 Å². The van der Waals surface area contributed by atoms with Crippen molar-refractivity contribution in [2.45, 2.75) is 13.5 Å². The van der Waals surface area contributed by atoms with Crippen LogP contribution < -0.4 is 10.1 Å². The lowest BCUT2D eigenvalue weighted by Crippen LogP contribution is -2.13. The molecule has 0 aliphatic rings. The standard InChI is InChI=1S/C24H17BrCl2N2O2/c1-15-5-4-7-19(9-15)29-24(30)18(13-28)10-16-11-20(25)23(22(27)12-16)31-14-17-6-2-3-8-21(17)26/h2-12H,14H2,1H3,(H,29,30)/b18-10-. The van der Waals surface area contributed by atoms with Gasteiger partial charge in [0.15, 0.2) is 5.75 Å². The highest BCUT2D eigenvalue weighted by atomic mass is 79.9. The molecule has 0 radical (unpaired) electrons. The average molecular weight is 516 g/mol. The molecule has 0 spiro atoms. The number of aryl methyl sites for hydroxylation is 1. The Morgan fingerprint density at radius 1 is 1.13 bits per heavy atom. The minimum absolute atomic E-state index is 0.0470. The predicted molar refractivity (Wildman–Crippen MR) is 128 cm³/mol. The number of hydrogen-bond acceptors (Lipinski definition) is 3. The summed E-state index contributed by atoms with van der Waals surface area (Å²) in [6, 6.07) is 20.0. The summed E-state index contributed by atoms with van der Waals surface area (Å²) < 4.78 is 6.42. The highest BCUT2D eigenvalue weighted by Gasteiger charge is 2.13. The lowest BCUT2D eigenvalue weighted by molar-refractivity contribution is -0.112. The van der Waals surface area contributed by atoms with E-state index in [4.69, 9.17) is 27.9 Å². The van der Waals surface area contributed by atoms with E-state index in [1.54, 1.807) is 24.3 Å². The second kappa shape index (κ2) is 10.5. The molecule has 0 unspecified atom stereocenters. The molecule has 3 rings (SSSR count). The smallest absolute Gasteiger partial charge is 0.266 e. The first-order valence-corrected chi connectivity index (χ1v) is 10.8. The molecule has 0 fully saturated rings. The van der Waals surface area contributed by atoms with Gasteiger partial charge in [0.25, 0.3) is 5.91 Å². The van der Waals surface area contributed by atoms with E-state index >= 15 is 0 Å². The molecule has 156 valence electrons. The van der Waals surface area contributed by atoms with Crippen LogP contribution in [0.3, 0.4) is 0 Å². The zero-order valence-corrected chi connectivity index (χ0v) is 19.6. The van der Waals surface area contributed by atoms with Crippen molar-refractivity contribution >= 4 is 56.8 Å². The molecule has 1 N–H and O–H groups in total. The molecule has 0 aliphatic heterocycles. The van der Waals surface area contributed by atoms with Crippen LogP contribution in [0.25, 0.3) is 6.08 Å². The van der Waals surface area contributed by atoms with Gasteiger partial charge in [-0.3, -0.25) is 4.79 Å². The van der Waals surface area contributed by atoms with E-state index in [1.165, 1.54) is 6.08 Å². The van der Waals surface area contributed by atoms with Crippen molar-refractivity contribution in [1.29, 1.82) is 5.26 Å². The molecule has 1 amide bonds. The van der Waals surface area contributed by atoms with E-state index in [0.717, 1.165) is 11.1 Å². The number of benzene rings is 3. The third kappa shape index (κ3) is 6.11. The SMILES string of the molecule is Cc1cccc(NC(=O)/C(C#N)=C\c2cc(Cl)c(OCc3ccccc3Cl)c(Br)c2)c1. The van der Waals surface area contributed by atoms with Crippen LogP contribution in [0, 0.1) is 18.3 Å². The lowest BCUT2D eigenvalue weighted by atomic mass is 10.1. The summed E-state index contributed by atoms with van der Waals surface area (Å²) in [6.45, 7) is 2.17. The van der Waals surface area contributed by atoms with Crippen LogP contribution >= 0.6 is 39.1 Å². The van der Waals surface area contributed by atoms with Crippen molar-refractivity contribution in [3.8, 4) is 11.8 Å². The zero-order chi connectivity index (χ0) is 22.4. The summed E-state index contributed by atoms with van der Waals surface area (Å²) in [5, 5.41) is 13.1. The third-order valence-electron chi connectivity index (χ3n) is 4.30. The van der Waals surface area contributed by atoms with Gasteiger partial charge in [-0.2, -0.15) is 5.26 Å². The molecule has 0 heterocycles. The lowest BCUT2D eigenvalue weighted by Gasteiger charge is -2.12. The van der Waals surface area contributed by atoms with Gasteiger partial charge in [-0.25, -0.2) is 0 Å². The Labute approximate surface area is 199 Å². The van der Waals surface area contributed by atoms with Gasteiger partial charge in [0, 0.05) is 16.3 Å². The van der Waals surface area contributed by atoms with E-state index < -0.39 is 5.91 Å². The maximum atomic E-state index is 12.5. The number of hydrogen-bond donors (Lipinski definition) is 1. The summed E-state index contributed by atoms with van der Waals surface area (Å²) in [5.41, 5.74) is 2.99. The Morgan fingerprint density at radius 3 is 2.58 bits per heavy atom. The summed E-state index contributed by atoms with van der Waals surface area (Å²) >= 11 is 16.0. The maximum absolute atomic E-state index is 12.5. The van der Waals surface area contributed by atoms with Crippen LogP contribution in [-0.2, 0) is 11.4 Å². The van der Waals surface area contributed by atoms with Crippen LogP contribution in [0.15, 0.2) is 70.7 Å². The highest BCUT2D eigenvalue weighted by molar-refractivity contribution is 9.10. The maximum Gasteiger partial charge on any atom is 0.266 e. The van der Waals surface area contributed by atoms with Gasteiger partial charge >= 0.3 is 0 Å². The Hall–Kier alpha value is -2.78. The van der Waals surface area contributed by atoms with Crippen LogP contribution in [-0.4, -0.2) is 5.91 Å². The predicted octanol–water partition coefficient (Wildman–Crippen LogP) is 7.19. The Bertz CT molecular complexity index is 1180. The van der Waals surface area contributed by atoms with Gasteiger partial charge in [-0.15, -0.1) is 0 Å². The molecular formula is C24H17BrCl2N2O2. The second-order valence-electron chi connectivity index (χ2n) is 6.69. The van der Waals surface area contributed by atoms with Crippen molar-refractivity contribution in [2.24, 2.45) is 0 Å². The molecule has 0 aromatic heterocycles. The van der Waals surface area contributed by atoms with Crippen LogP contribution in [0.4, 0.5) is 5.69 Å². The molecule has 31 heavy (non-hydrogen) atoms. The van der Waals surface area contributed by atoms with Gasteiger partial charge in [0.05, 0.1) is 9.50 Å². The number of nitrogens with zero attached hydrogens (tertiary/aromatic N) is 1. The highest BCUT2D eigenvalue weighted by Crippen LogP contribution is 2.36. The van der Waals surface area contributed by atoms with E-state index in [2.05, 4.69) is 21.2 Å². The molecule has 7 heteroatoms. The van der Waals surface area contributed by atoms with Gasteiger partial charge in [-0.05, 0) is 70.4 Å².